The Bertz CT molecular complexity index is 1360. The van der Waals surface area contributed by atoms with Gasteiger partial charge in [-0.15, -0.1) is 10.2 Å². The number of nitrogens with zero attached hydrogens (tertiary/aromatic N) is 4. The van der Waals surface area contributed by atoms with Crippen LogP contribution in [0.5, 0.6) is 11.6 Å². The summed E-state index contributed by atoms with van der Waals surface area (Å²) in [5.41, 5.74) is 1.10. The van der Waals surface area contributed by atoms with Crippen LogP contribution in [0.3, 0.4) is 0 Å². The Morgan fingerprint density at radius 2 is 1.63 bits per heavy atom. The third kappa shape index (κ3) is 5.87. The Kier molecular flexibility index (Phi) is 6.61. The Morgan fingerprint density at radius 1 is 0.943 bits per heavy atom. The maximum Gasteiger partial charge on any atom is 0.417 e. The van der Waals surface area contributed by atoms with Crippen LogP contribution in [0.15, 0.2) is 60.7 Å². The van der Waals surface area contributed by atoms with E-state index in [0.717, 1.165) is 23.5 Å². The second kappa shape index (κ2) is 9.63. The summed E-state index contributed by atoms with van der Waals surface area (Å²) < 4.78 is 46.3. The molecule has 0 fully saturated rings. The summed E-state index contributed by atoms with van der Waals surface area (Å²) in [7, 11) is 0. The van der Waals surface area contributed by atoms with Crippen molar-refractivity contribution >= 4 is 29.0 Å². The number of alkyl halides is 3. The molecule has 8 nitrogen and oxygen atoms in total. The highest BCUT2D eigenvalue weighted by molar-refractivity contribution is 6.31. The first kappa shape index (κ1) is 24.0. The molecule has 180 valence electrons. The van der Waals surface area contributed by atoms with E-state index in [1.54, 1.807) is 41.1 Å². The summed E-state index contributed by atoms with van der Waals surface area (Å²) in [6, 6.07) is 14.0. The van der Waals surface area contributed by atoms with Crippen LogP contribution in [0.1, 0.15) is 17.0 Å². The van der Waals surface area contributed by atoms with E-state index in [2.05, 4.69) is 25.9 Å². The number of benzene rings is 2. The zero-order chi connectivity index (χ0) is 25.2. The van der Waals surface area contributed by atoms with E-state index >= 15 is 0 Å². The normalized spacial score (nSPS) is 11.3. The standard InChI is InChI=1S/C23H18ClF3N6O2/c1-13-11-14(2)33(32-13)20-9-10-21(31-30-20)35-17-6-3-15(4-7-17)28-22(34)29-16-5-8-19(24)18(12-16)23(25,26)27/h3-12H,1-2H3,(H2,28,29,34). The van der Waals surface area contributed by atoms with Crippen LogP contribution in [-0.2, 0) is 6.18 Å². The van der Waals surface area contributed by atoms with Crippen molar-refractivity contribution in [2.45, 2.75) is 20.0 Å². The number of carbonyl (C=O) groups excluding carboxylic acids is 1. The van der Waals surface area contributed by atoms with Crippen LogP contribution in [0.2, 0.25) is 5.02 Å². The summed E-state index contributed by atoms with van der Waals surface area (Å²) in [6.45, 7) is 3.80. The third-order valence-corrected chi connectivity index (χ3v) is 5.05. The van der Waals surface area contributed by atoms with Crippen molar-refractivity contribution in [1.29, 1.82) is 0 Å². The van der Waals surface area contributed by atoms with E-state index in [0.29, 0.717) is 17.3 Å². The summed E-state index contributed by atoms with van der Waals surface area (Å²) in [5.74, 6) is 1.25. The van der Waals surface area contributed by atoms with Gasteiger partial charge >= 0.3 is 12.2 Å². The lowest BCUT2D eigenvalue weighted by Gasteiger charge is -2.12. The Morgan fingerprint density at radius 3 is 2.23 bits per heavy atom. The largest absolute Gasteiger partial charge is 0.438 e. The van der Waals surface area contributed by atoms with Crippen molar-refractivity contribution in [1.82, 2.24) is 20.0 Å². The van der Waals surface area contributed by atoms with Gasteiger partial charge < -0.3 is 15.4 Å². The molecule has 0 bridgehead atoms. The number of aryl methyl sites for hydroxylation is 2. The number of amides is 2. The molecule has 0 saturated heterocycles. The monoisotopic (exact) mass is 502 g/mol. The van der Waals surface area contributed by atoms with Gasteiger partial charge in [-0.3, -0.25) is 0 Å². The molecule has 0 radical (unpaired) electrons. The van der Waals surface area contributed by atoms with Gasteiger partial charge in [0.1, 0.15) is 5.75 Å². The first-order chi connectivity index (χ1) is 16.6. The van der Waals surface area contributed by atoms with Gasteiger partial charge in [-0.05, 0) is 68.4 Å². The molecule has 12 heteroatoms. The van der Waals surface area contributed by atoms with Gasteiger partial charge in [0.15, 0.2) is 5.82 Å². The van der Waals surface area contributed by atoms with Gasteiger partial charge in [-0.1, -0.05) is 11.6 Å². The highest BCUT2D eigenvalue weighted by Gasteiger charge is 2.33. The summed E-state index contributed by atoms with van der Waals surface area (Å²) in [5, 5.41) is 16.9. The van der Waals surface area contributed by atoms with Crippen molar-refractivity contribution in [3.8, 4) is 17.4 Å². The molecule has 2 N–H and O–H groups in total. The van der Waals surface area contributed by atoms with Gasteiger partial charge in [-0.25, -0.2) is 9.48 Å². The van der Waals surface area contributed by atoms with Gasteiger partial charge in [0.05, 0.1) is 16.3 Å². The lowest BCUT2D eigenvalue weighted by atomic mass is 10.2. The Labute approximate surface area is 202 Å². The van der Waals surface area contributed by atoms with Crippen molar-refractivity contribution in [3.63, 3.8) is 0 Å². The van der Waals surface area contributed by atoms with E-state index < -0.39 is 22.8 Å². The van der Waals surface area contributed by atoms with Gasteiger partial charge in [0.2, 0.25) is 5.88 Å². The van der Waals surface area contributed by atoms with Gasteiger partial charge in [0, 0.05) is 23.1 Å². The molecule has 4 rings (SSSR count). The number of rotatable bonds is 5. The molecule has 0 atom stereocenters. The molecule has 0 unspecified atom stereocenters. The minimum Gasteiger partial charge on any atom is -0.438 e. The highest BCUT2D eigenvalue weighted by Crippen LogP contribution is 2.36. The molecule has 2 amide bonds. The number of halogens is 4. The van der Waals surface area contributed by atoms with Crippen LogP contribution < -0.4 is 15.4 Å². The Hall–Kier alpha value is -4.12. The number of carbonyl (C=O) groups is 1. The molecule has 0 spiro atoms. The average molecular weight is 503 g/mol. The molecule has 2 aromatic carbocycles. The number of nitrogens with one attached hydrogen (secondary N) is 2. The summed E-state index contributed by atoms with van der Waals surface area (Å²) >= 11 is 5.59. The molecule has 35 heavy (non-hydrogen) atoms. The van der Waals surface area contributed by atoms with Gasteiger partial charge in [-0.2, -0.15) is 18.3 Å². The zero-order valence-corrected chi connectivity index (χ0v) is 19.1. The molecule has 0 aliphatic carbocycles. The second-order valence-electron chi connectivity index (χ2n) is 7.47. The average Bonchev–Trinajstić information content (AvgIpc) is 3.14. The van der Waals surface area contributed by atoms with Crippen LogP contribution in [0, 0.1) is 13.8 Å². The fourth-order valence-electron chi connectivity index (χ4n) is 3.18. The fourth-order valence-corrected chi connectivity index (χ4v) is 3.41. The van der Waals surface area contributed by atoms with Crippen LogP contribution in [0.25, 0.3) is 5.82 Å². The van der Waals surface area contributed by atoms with Crippen molar-refractivity contribution in [2.75, 3.05) is 10.6 Å². The van der Waals surface area contributed by atoms with E-state index in [4.69, 9.17) is 16.3 Å². The maximum absolute atomic E-state index is 13.0. The SMILES string of the molecule is Cc1cc(C)n(-c2ccc(Oc3ccc(NC(=O)Nc4ccc(Cl)c(C(F)(F)F)c4)cc3)nn2)n1. The lowest BCUT2D eigenvalue weighted by Crippen LogP contribution is -2.19. The molecule has 4 aromatic rings. The summed E-state index contributed by atoms with van der Waals surface area (Å²) in [4.78, 5) is 12.2. The highest BCUT2D eigenvalue weighted by atomic mass is 35.5. The second-order valence-corrected chi connectivity index (χ2v) is 7.87. The molecule has 0 aliphatic rings. The molecular weight excluding hydrogens is 485 g/mol. The third-order valence-electron chi connectivity index (χ3n) is 4.72. The van der Waals surface area contributed by atoms with Crippen molar-refractivity contribution < 1.29 is 22.7 Å². The number of urea groups is 1. The molecule has 0 aliphatic heterocycles. The number of hydrogen-bond donors (Lipinski definition) is 2. The number of ether oxygens (including phenoxy) is 1. The maximum atomic E-state index is 13.0. The number of anilines is 2. The zero-order valence-electron chi connectivity index (χ0n) is 18.4. The van der Waals surface area contributed by atoms with Crippen molar-refractivity contribution in [3.05, 3.63) is 82.6 Å². The molecule has 2 aromatic heterocycles. The fraction of sp³-hybridized carbons (Fsp3) is 0.130. The first-order valence-electron chi connectivity index (χ1n) is 10.2. The quantitative estimate of drug-likeness (QED) is 0.330. The minimum atomic E-state index is -4.64. The predicted molar refractivity (Wildman–Crippen MR) is 124 cm³/mol. The van der Waals surface area contributed by atoms with Crippen LogP contribution >= 0.6 is 11.6 Å². The van der Waals surface area contributed by atoms with E-state index in [-0.39, 0.29) is 11.6 Å². The number of hydrogen-bond acceptors (Lipinski definition) is 5. The Balaban J connectivity index is 1.36. The molecular formula is C23H18ClF3N6O2. The summed E-state index contributed by atoms with van der Waals surface area (Å²) in [6.07, 6.45) is -4.64. The topological polar surface area (TPSA) is 94.0 Å². The van der Waals surface area contributed by atoms with Crippen LogP contribution in [0.4, 0.5) is 29.3 Å². The predicted octanol–water partition coefficient (Wildman–Crippen LogP) is 6.39. The lowest BCUT2D eigenvalue weighted by molar-refractivity contribution is -0.137. The molecule has 2 heterocycles. The van der Waals surface area contributed by atoms with E-state index in [1.165, 1.54) is 6.07 Å². The molecule has 0 saturated carbocycles. The first-order valence-corrected chi connectivity index (χ1v) is 10.6. The number of aromatic nitrogens is 4. The minimum absolute atomic E-state index is 0.0540. The van der Waals surface area contributed by atoms with E-state index in [1.807, 2.05) is 19.9 Å². The van der Waals surface area contributed by atoms with Gasteiger partial charge in [0.25, 0.3) is 0 Å². The van der Waals surface area contributed by atoms with Crippen LogP contribution in [-0.4, -0.2) is 26.0 Å². The smallest absolute Gasteiger partial charge is 0.417 e. The van der Waals surface area contributed by atoms with E-state index in [9.17, 15) is 18.0 Å². The van der Waals surface area contributed by atoms with Crippen molar-refractivity contribution in [2.24, 2.45) is 0 Å².